The Balaban J connectivity index is 1.86. The smallest absolute Gasteiger partial charge is 0.328 e. The number of methoxy groups -OCH3 is 1. The zero-order valence-corrected chi connectivity index (χ0v) is 19.0. The van der Waals surface area contributed by atoms with E-state index in [1.807, 2.05) is 66.9 Å². The lowest BCUT2D eigenvalue weighted by molar-refractivity contribution is -0.142. The summed E-state index contributed by atoms with van der Waals surface area (Å²) in [5, 5.41) is 6.14. The van der Waals surface area contributed by atoms with E-state index in [-0.39, 0.29) is 5.91 Å². The lowest BCUT2D eigenvalue weighted by atomic mass is 9.96. The van der Waals surface area contributed by atoms with Crippen molar-refractivity contribution in [1.82, 2.24) is 10.3 Å². The van der Waals surface area contributed by atoms with Gasteiger partial charge in [0.1, 0.15) is 11.9 Å². The van der Waals surface area contributed by atoms with Gasteiger partial charge in [-0.1, -0.05) is 42.5 Å². The van der Waals surface area contributed by atoms with Crippen LogP contribution in [0.4, 0.5) is 5.82 Å². The number of rotatable bonds is 10. The topological polar surface area (TPSA) is 80.3 Å². The van der Waals surface area contributed by atoms with Gasteiger partial charge in [0.15, 0.2) is 0 Å². The predicted octanol–water partition coefficient (Wildman–Crippen LogP) is 4.39. The largest absolute Gasteiger partial charge is 0.467 e. The number of aromatic nitrogens is 1. The number of ether oxygens (including phenoxy) is 1. The van der Waals surface area contributed by atoms with Crippen LogP contribution in [0.3, 0.4) is 0 Å². The summed E-state index contributed by atoms with van der Waals surface area (Å²) in [7, 11) is 1.33. The number of anilines is 1. The third kappa shape index (κ3) is 6.34. The Morgan fingerprint density at radius 1 is 1.06 bits per heavy atom. The molecule has 2 N–H and O–H groups in total. The number of carbonyl (C=O) groups is 2. The van der Waals surface area contributed by atoms with Crippen molar-refractivity contribution in [2.75, 3.05) is 24.4 Å². The Hall–Kier alpha value is -3.32. The molecule has 0 bridgehead atoms. The van der Waals surface area contributed by atoms with Crippen molar-refractivity contribution < 1.29 is 14.3 Å². The molecule has 1 heterocycles. The van der Waals surface area contributed by atoms with Gasteiger partial charge in [-0.3, -0.25) is 4.79 Å². The van der Waals surface area contributed by atoms with E-state index in [0.717, 1.165) is 28.3 Å². The summed E-state index contributed by atoms with van der Waals surface area (Å²) in [5.41, 5.74) is 3.25. The molecule has 0 fully saturated rings. The molecule has 0 radical (unpaired) electrons. The van der Waals surface area contributed by atoms with Gasteiger partial charge in [0.2, 0.25) is 0 Å². The van der Waals surface area contributed by atoms with Crippen LogP contribution in [0.5, 0.6) is 0 Å². The Morgan fingerprint density at radius 3 is 2.53 bits per heavy atom. The molecule has 6 nitrogen and oxygen atoms in total. The van der Waals surface area contributed by atoms with Crippen LogP contribution in [-0.2, 0) is 16.1 Å². The number of nitrogens with one attached hydrogen (secondary N) is 2. The first kappa shape index (κ1) is 23.3. The second-order valence-corrected chi connectivity index (χ2v) is 8.13. The molecule has 2 aromatic carbocycles. The first-order valence-corrected chi connectivity index (χ1v) is 11.7. The normalized spacial score (nSPS) is 11.4. The van der Waals surface area contributed by atoms with Gasteiger partial charge < -0.3 is 15.4 Å². The van der Waals surface area contributed by atoms with Gasteiger partial charge >= 0.3 is 5.97 Å². The average Bonchev–Trinajstić information content (AvgIpc) is 2.85. The summed E-state index contributed by atoms with van der Waals surface area (Å²) in [6.07, 6.45) is 4.20. The van der Waals surface area contributed by atoms with Crippen LogP contribution in [-0.4, -0.2) is 42.0 Å². The summed E-state index contributed by atoms with van der Waals surface area (Å²) in [6, 6.07) is 20.5. The molecule has 3 aromatic rings. The standard InChI is InChI=1S/C25H27N3O3S/c1-31-25(30)22(13-15-32-2)28-24(29)20-12-11-18(17-27-23-10-6-7-14-26-23)16-21(20)19-8-4-3-5-9-19/h3-12,14,16,22H,13,15,17H2,1-2H3,(H,26,27)(H,28,29)/t22-/m0/s1. The zero-order chi connectivity index (χ0) is 22.8. The molecular weight excluding hydrogens is 422 g/mol. The number of benzene rings is 2. The second kappa shape index (κ2) is 11.9. The number of carbonyl (C=O) groups excluding carboxylic acids is 2. The number of amides is 1. The molecule has 32 heavy (non-hydrogen) atoms. The Morgan fingerprint density at radius 2 is 1.84 bits per heavy atom. The Labute approximate surface area is 192 Å². The van der Waals surface area contributed by atoms with Crippen molar-refractivity contribution in [3.63, 3.8) is 0 Å². The van der Waals surface area contributed by atoms with E-state index in [2.05, 4.69) is 15.6 Å². The average molecular weight is 450 g/mol. The predicted molar refractivity (Wildman–Crippen MR) is 130 cm³/mol. The molecule has 0 unspecified atom stereocenters. The lowest BCUT2D eigenvalue weighted by Crippen LogP contribution is -2.42. The highest BCUT2D eigenvalue weighted by Crippen LogP contribution is 2.26. The van der Waals surface area contributed by atoms with Crippen molar-refractivity contribution in [3.8, 4) is 11.1 Å². The molecule has 1 amide bonds. The van der Waals surface area contributed by atoms with E-state index in [9.17, 15) is 9.59 Å². The summed E-state index contributed by atoms with van der Waals surface area (Å²) in [5.74, 6) is 0.781. The van der Waals surface area contributed by atoms with Crippen molar-refractivity contribution in [2.24, 2.45) is 0 Å². The van der Waals surface area contributed by atoms with Crippen molar-refractivity contribution in [2.45, 2.75) is 19.0 Å². The van der Waals surface area contributed by atoms with E-state index in [1.165, 1.54) is 7.11 Å². The van der Waals surface area contributed by atoms with Gasteiger partial charge in [0, 0.05) is 18.3 Å². The number of hydrogen-bond donors (Lipinski definition) is 2. The van der Waals surface area contributed by atoms with Crippen LogP contribution < -0.4 is 10.6 Å². The van der Waals surface area contributed by atoms with Gasteiger partial charge in [-0.25, -0.2) is 9.78 Å². The third-order valence-electron chi connectivity index (χ3n) is 4.95. The summed E-state index contributed by atoms with van der Waals surface area (Å²) >= 11 is 1.62. The molecule has 0 aliphatic rings. The van der Waals surface area contributed by atoms with E-state index >= 15 is 0 Å². The van der Waals surface area contributed by atoms with Gasteiger partial charge in [0.25, 0.3) is 5.91 Å². The number of thioether (sulfide) groups is 1. The van der Waals surface area contributed by atoms with E-state index < -0.39 is 12.0 Å². The number of pyridine rings is 1. The second-order valence-electron chi connectivity index (χ2n) is 7.15. The fourth-order valence-electron chi connectivity index (χ4n) is 3.28. The molecule has 1 aromatic heterocycles. The van der Waals surface area contributed by atoms with Crippen molar-refractivity contribution >= 4 is 29.5 Å². The minimum absolute atomic E-state index is 0.301. The van der Waals surface area contributed by atoms with E-state index in [1.54, 1.807) is 24.0 Å². The fourth-order valence-corrected chi connectivity index (χ4v) is 3.75. The van der Waals surface area contributed by atoms with E-state index in [4.69, 9.17) is 4.74 Å². The maximum atomic E-state index is 13.2. The number of hydrogen-bond acceptors (Lipinski definition) is 6. The maximum absolute atomic E-state index is 13.2. The SMILES string of the molecule is COC(=O)[C@H](CCSC)NC(=O)c1ccc(CNc2ccccn2)cc1-c1ccccc1. The minimum Gasteiger partial charge on any atom is -0.467 e. The first-order valence-electron chi connectivity index (χ1n) is 10.3. The molecule has 166 valence electrons. The Kier molecular flexibility index (Phi) is 8.69. The fraction of sp³-hybridized carbons (Fsp3) is 0.240. The van der Waals surface area contributed by atoms with Crippen molar-refractivity contribution in [3.05, 3.63) is 84.1 Å². The highest BCUT2D eigenvalue weighted by molar-refractivity contribution is 7.98. The van der Waals surface area contributed by atoms with Crippen LogP contribution >= 0.6 is 11.8 Å². The molecule has 0 saturated heterocycles. The molecule has 3 rings (SSSR count). The van der Waals surface area contributed by atoms with Crippen LogP contribution in [0.15, 0.2) is 72.9 Å². The highest BCUT2D eigenvalue weighted by Gasteiger charge is 2.23. The van der Waals surface area contributed by atoms with Crippen LogP contribution in [0.25, 0.3) is 11.1 Å². The number of nitrogens with zero attached hydrogens (tertiary/aromatic N) is 1. The molecule has 1 atom stereocenters. The molecule has 0 saturated carbocycles. The summed E-state index contributed by atoms with van der Waals surface area (Å²) in [6.45, 7) is 0.567. The van der Waals surface area contributed by atoms with E-state index in [0.29, 0.717) is 18.5 Å². The van der Waals surface area contributed by atoms with Crippen LogP contribution in [0.1, 0.15) is 22.3 Å². The minimum atomic E-state index is -0.686. The quantitative estimate of drug-likeness (QED) is 0.447. The summed E-state index contributed by atoms with van der Waals surface area (Å²) < 4.78 is 4.88. The van der Waals surface area contributed by atoms with Gasteiger partial charge in [0.05, 0.1) is 7.11 Å². The van der Waals surface area contributed by atoms with Gasteiger partial charge in [-0.15, -0.1) is 0 Å². The van der Waals surface area contributed by atoms with Crippen molar-refractivity contribution in [1.29, 1.82) is 0 Å². The highest BCUT2D eigenvalue weighted by atomic mass is 32.2. The maximum Gasteiger partial charge on any atom is 0.328 e. The molecule has 0 aliphatic carbocycles. The first-order chi connectivity index (χ1) is 15.6. The van der Waals surface area contributed by atoms with Crippen LogP contribution in [0, 0.1) is 0 Å². The van der Waals surface area contributed by atoms with Gasteiger partial charge in [-0.2, -0.15) is 11.8 Å². The Bertz CT molecular complexity index is 1030. The monoisotopic (exact) mass is 449 g/mol. The molecule has 0 spiro atoms. The van der Waals surface area contributed by atoms with Crippen LogP contribution in [0.2, 0.25) is 0 Å². The third-order valence-corrected chi connectivity index (χ3v) is 5.60. The number of esters is 1. The lowest BCUT2D eigenvalue weighted by Gasteiger charge is -2.18. The molecule has 7 heteroatoms. The van der Waals surface area contributed by atoms with Gasteiger partial charge in [-0.05, 0) is 59.4 Å². The molecule has 0 aliphatic heterocycles. The summed E-state index contributed by atoms with van der Waals surface area (Å²) in [4.78, 5) is 29.6. The molecular formula is C25H27N3O3S. The zero-order valence-electron chi connectivity index (χ0n) is 18.2.